The molecule has 0 radical (unpaired) electrons. The Morgan fingerprint density at radius 1 is 1.17 bits per heavy atom. The number of fused-ring (bicyclic) bond motifs is 1. The largest absolute Gasteiger partial charge is 0.463 e. The van der Waals surface area contributed by atoms with Crippen LogP contribution in [0.15, 0.2) is 60.4 Å². The van der Waals surface area contributed by atoms with Crippen molar-refractivity contribution in [2.75, 3.05) is 6.61 Å². The maximum atomic E-state index is 11.8. The van der Waals surface area contributed by atoms with Gasteiger partial charge in [-0.2, -0.15) is 0 Å². The van der Waals surface area contributed by atoms with E-state index in [2.05, 4.69) is 0 Å². The third kappa shape index (κ3) is 3.46. The van der Waals surface area contributed by atoms with Crippen molar-refractivity contribution in [1.82, 2.24) is 0 Å². The summed E-state index contributed by atoms with van der Waals surface area (Å²) in [5, 5.41) is 0.655. The van der Waals surface area contributed by atoms with Gasteiger partial charge in [0.25, 0.3) is 0 Å². The van der Waals surface area contributed by atoms with Crippen LogP contribution in [-0.4, -0.2) is 12.6 Å². The molecule has 2 aromatic carbocycles. The molecule has 0 bridgehead atoms. The SMILES string of the molecule is CCOC(=O)/C=C1\Oc2ccccc2C=C1c1ccc(Cl)cc1. The highest BCUT2D eigenvalue weighted by atomic mass is 35.5. The lowest BCUT2D eigenvalue weighted by molar-refractivity contribution is -0.137. The van der Waals surface area contributed by atoms with Gasteiger partial charge in [0.05, 0.1) is 12.7 Å². The number of benzene rings is 2. The molecule has 116 valence electrons. The van der Waals surface area contributed by atoms with Crippen molar-refractivity contribution < 1.29 is 14.3 Å². The predicted octanol–water partition coefficient (Wildman–Crippen LogP) is 4.72. The van der Waals surface area contributed by atoms with Gasteiger partial charge in [-0.1, -0.05) is 41.9 Å². The summed E-state index contributed by atoms with van der Waals surface area (Å²) in [5.74, 6) is 0.743. The maximum Gasteiger partial charge on any atom is 0.334 e. The third-order valence-corrected chi connectivity index (χ3v) is 3.65. The van der Waals surface area contributed by atoms with Crippen molar-refractivity contribution in [1.29, 1.82) is 0 Å². The number of carbonyl (C=O) groups is 1. The van der Waals surface area contributed by atoms with Crippen LogP contribution in [0.1, 0.15) is 18.1 Å². The number of hydrogen-bond acceptors (Lipinski definition) is 3. The normalized spacial score (nSPS) is 14.7. The number of esters is 1. The summed E-state index contributed by atoms with van der Waals surface area (Å²) in [6, 6.07) is 15.1. The summed E-state index contributed by atoms with van der Waals surface area (Å²) in [6.07, 6.45) is 3.37. The summed E-state index contributed by atoms with van der Waals surface area (Å²) >= 11 is 5.95. The van der Waals surface area contributed by atoms with Crippen molar-refractivity contribution in [2.24, 2.45) is 0 Å². The van der Waals surface area contributed by atoms with Gasteiger partial charge in [-0.15, -0.1) is 0 Å². The van der Waals surface area contributed by atoms with Crippen LogP contribution < -0.4 is 4.74 Å². The molecule has 23 heavy (non-hydrogen) atoms. The first-order valence-corrected chi connectivity index (χ1v) is 7.68. The Bertz CT molecular complexity index is 789. The Kier molecular flexibility index (Phi) is 4.49. The van der Waals surface area contributed by atoms with Gasteiger partial charge in [0.2, 0.25) is 0 Å². The van der Waals surface area contributed by atoms with E-state index in [0.717, 1.165) is 16.7 Å². The quantitative estimate of drug-likeness (QED) is 0.604. The van der Waals surface area contributed by atoms with Crippen molar-refractivity contribution in [3.63, 3.8) is 0 Å². The molecule has 1 heterocycles. The second-order valence-electron chi connectivity index (χ2n) is 4.97. The van der Waals surface area contributed by atoms with Crippen LogP contribution in [-0.2, 0) is 9.53 Å². The van der Waals surface area contributed by atoms with E-state index in [1.165, 1.54) is 6.08 Å². The molecular weight excluding hydrogens is 312 g/mol. The van der Waals surface area contributed by atoms with Crippen LogP contribution in [0.4, 0.5) is 0 Å². The van der Waals surface area contributed by atoms with Crippen LogP contribution in [0.25, 0.3) is 11.6 Å². The molecule has 4 heteroatoms. The first-order chi connectivity index (χ1) is 11.2. The van der Waals surface area contributed by atoms with Gasteiger partial charge in [-0.05, 0) is 36.8 Å². The van der Waals surface area contributed by atoms with Crippen LogP contribution in [0.3, 0.4) is 0 Å². The molecule has 0 unspecified atom stereocenters. The zero-order valence-electron chi connectivity index (χ0n) is 12.6. The monoisotopic (exact) mass is 326 g/mol. The highest BCUT2D eigenvalue weighted by molar-refractivity contribution is 6.30. The minimum absolute atomic E-state index is 0.319. The van der Waals surface area contributed by atoms with Gasteiger partial charge in [0.1, 0.15) is 11.5 Å². The molecule has 0 atom stereocenters. The average molecular weight is 327 g/mol. The number of rotatable bonds is 3. The molecule has 2 aromatic rings. The van der Waals surface area contributed by atoms with Crippen molar-refractivity contribution in [3.05, 3.63) is 76.5 Å². The lowest BCUT2D eigenvalue weighted by Crippen LogP contribution is -2.09. The van der Waals surface area contributed by atoms with Crippen molar-refractivity contribution >= 4 is 29.2 Å². The van der Waals surface area contributed by atoms with Crippen LogP contribution in [0.5, 0.6) is 5.75 Å². The number of allylic oxidation sites excluding steroid dienone is 1. The fourth-order valence-electron chi connectivity index (χ4n) is 2.35. The van der Waals surface area contributed by atoms with Gasteiger partial charge < -0.3 is 9.47 Å². The average Bonchev–Trinajstić information content (AvgIpc) is 2.55. The Morgan fingerprint density at radius 3 is 2.65 bits per heavy atom. The van der Waals surface area contributed by atoms with E-state index < -0.39 is 5.97 Å². The van der Waals surface area contributed by atoms with Gasteiger partial charge in [-0.3, -0.25) is 0 Å². The van der Waals surface area contributed by atoms with E-state index in [0.29, 0.717) is 23.1 Å². The van der Waals surface area contributed by atoms with E-state index in [-0.39, 0.29) is 0 Å². The molecule has 3 rings (SSSR count). The summed E-state index contributed by atoms with van der Waals surface area (Å²) in [5.41, 5.74) is 2.69. The summed E-state index contributed by atoms with van der Waals surface area (Å²) in [7, 11) is 0. The Hall–Kier alpha value is -2.52. The van der Waals surface area contributed by atoms with Crippen LogP contribution >= 0.6 is 11.6 Å². The first-order valence-electron chi connectivity index (χ1n) is 7.30. The van der Waals surface area contributed by atoms with Gasteiger partial charge in [0.15, 0.2) is 0 Å². The molecule has 0 aromatic heterocycles. The Balaban J connectivity index is 2.07. The van der Waals surface area contributed by atoms with Crippen molar-refractivity contribution in [3.8, 4) is 5.75 Å². The summed E-state index contributed by atoms with van der Waals surface area (Å²) < 4.78 is 10.9. The number of ether oxygens (including phenoxy) is 2. The number of carbonyl (C=O) groups excluding carboxylic acids is 1. The van der Waals surface area contributed by atoms with E-state index >= 15 is 0 Å². The fourth-order valence-corrected chi connectivity index (χ4v) is 2.47. The zero-order valence-corrected chi connectivity index (χ0v) is 13.3. The second-order valence-corrected chi connectivity index (χ2v) is 5.40. The Labute approximate surface area is 139 Å². The van der Waals surface area contributed by atoms with E-state index in [1.54, 1.807) is 19.1 Å². The molecule has 3 nitrogen and oxygen atoms in total. The Morgan fingerprint density at radius 2 is 1.91 bits per heavy atom. The lowest BCUT2D eigenvalue weighted by atomic mass is 9.98. The predicted molar refractivity (Wildman–Crippen MR) is 91.1 cm³/mol. The third-order valence-electron chi connectivity index (χ3n) is 3.39. The minimum Gasteiger partial charge on any atom is -0.463 e. The molecule has 0 saturated carbocycles. The molecule has 0 saturated heterocycles. The first kappa shape index (κ1) is 15.4. The standard InChI is InChI=1S/C19H15ClO3/c1-2-22-19(21)12-18-16(13-7-9-15(20)10-8-13)11-14-5-3-4-6-17(14)23-18/h3-12H,2H2,1H3/b18-12-. The highest BCUT2D eigenvalue weighted by Crippen LogP contribution is 2.36. The fraction of sp³-hybridized carbons (Fsp3) is 0.105. The zero-order chi connectivity index (χ0) is 16.2. The molecule has 0 N–H and O–H groups in total. The van der Waals surface area contributed by atoms with E-state index in [9.17, 15) is 4.79 Å². The van der Waals surface area contributed by atoms with Crippen LogP contribution in [0, 0.1) is 0 Å². The van der Waals surface area contributed by atoms with Gasteiger partial charge >= 0.3 is 5.97 Å². The second kappa shape index (κ2) is 6.71. The van der Waals surface area contributed by atoms with E-state index in [1.807, 2.05) is 42.5 Å². The number of hydrogen-bond donors (Lipinski definition) is 0. The van der Waals surface area contributed by atoms with E-state index in [4.69, 9.17) is 21.1 Å². The molecule has 1 aliphatic heterocycles. The molecular formula is C19H15ClO3. The van der Waals surface area contributed by atoms with Crippen LogP contribution in [0.2, 0.25) is 5.02 Å². The van der Waals surface area contributed by atoms with Gasteiger partial charge in [0, 0.05) is 16.2 Å². The lowest BCUT2D eigenvalue weighted by Gasteiger charge is -2.20. The minimum atomic E-state index is -0.429. The summed E-state index contributed by atoms with van der Waals surface area (Å²) in [4.78, 5) is 11.8. The van der Waals surface area contributed by atoms with Crippen molar-refractivity contribution in [2.45, 2.75) is 6.92 Å². The highest BCUT2D eigenvalue weighted by Gasteiger charge is 2.19. The molecule has 0 fully saturated rings. The maximum absolute atomic E-state index is 11.8. The molecule has 0 aliphatic carbocycles. The van der Waals surface area contributed by atoms with Gasteiger partial charge in [-0.25, -0.2) is 4.79 Å². The molecule has 1 aliphatic rings. The summed E-state index contributed by atoms with van der Waals surface area (Å²) in [6.45, 7) is 2.09. The number of halogens is 1. The molecule has 0 amide bonds. The topological polar surface area (TPSA) is 35.5 Å². The smallest absolute Gasteiger partial charge is 0.334 e. The molecule has 0 spiro atoms. The number of para-hydroxylation sites is 1.